The van der Waals surface area contributed by atoms with Crippen molar-refractivity contribution < 1.29 is 148 Å². The van der Waals surface area contributed by atoms with Crippen LogP contribution in [0.15, 0.2) is 11.6 Å². The number of rotatable bonds is 14. The van der Waals surface area contributed by atoms with Gasteiger partial charge < -0.3 is 144 Å². The Balaban J connectivity index is 0.770. The maximum Gasteiger partial charge on any atom is 0.317 e. The van der Waals surface area contributed by atoms with E-state index in [1.165, 1.54) is 6.92 Å². The number of esters is 1. The van der Waals surface area contributed by atoms with E-state index in [9.17, 15) is 86.8 Å². The quantitative estimate of drug-likeness (QED) is 0.0443. The molecule has 4 saturated carbocycles. The van der Waals surface area contributed by atoms with E-state index in [2.05, 4.69) is 54.5 Å². The zero-order valence-corrected chi connectivity index (χ0v) is 53.9. The predicted octanol–water partition coefficient (Wildman–Crippen LogP) is -4.47. The Hall–Kier alpha value is -1.91. The van der Waals surface area contributed by atoms with Crippen LogP contribution in [0.1, 0.15) is 113 Å². The van der Waals surface area contributed by atoms with Gasteiger partial charge in [0, 0.05) is 0 Å². The van der Waals surface area contributed by atoms with Gasteiger partial charge in [-0.15, -0.1) is 0 Å². The standard InChI is InChI=1S/C63H102O30/c1-24-48(90-53-47(80)49(29(67)22-83-53)91-52-43(76)36(69)27(65)20-82-52)42(75)46(79)54(86-24)92-50-37(70)28(66)21-84-56(50)93-57(81)63-16-15-58(2,3)17-26(63)25-9-10-33-60(6)13-12-35(59(4,5)32(60)11-14-61(33,7)62(25,8)18-34(63)68)89-55-45(78)41(74)39(72)31(88-55)23-85-51-44(77)40(73)38(71)30(19-64)87-51/h9,24,26-56,64-80H,10-23H2,1-8H3/t24-,26-,27-,28-,29+,30+,31+,32?,33?,34+,35-,36-,37-,38+,39+,40-,41-,42-,43+,44+,45+,46+,47+,48-,49-,50+,51+,52-,53-,54-,55-,56+,60-,61+,62+,63+/m0/s1. The molecule has 0 aromatic heterocycles. The third kappa shape index (κ3) is 12.4. The molecule has 36 atom stereocenters. The largest absolute Gasteiger partial charge is 0.432 e. The van der Waals surface area contributed by atoms with Crippen molar-refractivity contribution in [1.82, 2.24) is 0 Å². The topological polar surface area (TPSA) is 472 Å². The molecule has 2 unspecified atom stereocenters. The van der Waals surface area contributed by atoms with Crippen LogP contribution >= 0.6 is 0 Å². The van der Waals surface area contributed by atoms with Crippen LogP contribution in [0, 0.1) is 50.2 Å². The molecule has 0 aromatic carbocycles. The summed E-state index contributed by atoms with van der Waals surface area (Å²) >= 11 is 0. The molecular weight excluding hydrogens is 1240 g/mol. The first-order valence-corrected chi connectivity index (χ1v) is 33.0. The van der Waals surface area contributed by atoms with Gasteiger partial charge in [-0.3, -0.25) is 4.79 Å². The van der Waals surface area contributed by atoms with Crippen LogP contribution in [-0.4, -0.2) is 304 Å². The SMILES string of the molecule is C[C@@H]1O[C@@H](O[C@H]2[C@@H](OC(=O)[C@]34CCC(C)(C)C[C@H]3C3=CCC5[C@@]6(C)CC[C@H](O[C@@H]7O[C@H](CO[C@@H]8O[C@H](CO)[C@@H](O)[C@H](O)[C@H]8O)[C@@H](O)[C@H](O)[C@H]7O)C(C)(C)C6CC[C@@]5(C)[C@]3(C)C[C@H]4O)OC[C@H](O)[C@@H]2O)[C@H](O)[C@H](O)[C@H]1O[C@@H]1OC[C@@H](O)[C@H](O[C@@H]2OC[C@H](O)[C@H](O)[C@H]2O)[C@H]1O. The first-order valence-electron chi connectivity index (χ1n) is 33.0. The molecule has 17 N–H and O–H groups in total. The Bertz CT molecular complexity index is 2620. The average Bonchev–Trinajstić information content (AvgIpc) is 0.672. The number of aliphatic hydroxyl groups is 17. The minimum absolute atomic E-state index is 0.0452. The lowest BCUT2D eigenvalue weighted by molar-refractivity contribution is -0.375. The first-order chi connectivity index (χ1) is 43.6. The van der Waals surface area contributed by atoms with Crippen LogP contribution < -0.4 is 0 Å². The summed E-state index contributed by atoms with van der Waals surface area (Å²) in [6.07, 6.45) is -38.5. The summed E-state index contributed by atoms with van der Waals surface area (Å²) in [7, 11) is 0. The summed E-state index contributed by atoms with van der Waals surface area (Å²) in [4.78, 5) is 15.5. The molecule has 0 amide bonds. The summed E-state index contributed by atoms with van der Waals surface area (Å²) in [6.45, 7) is 14.2. The second-order valence-electron chi connectivity index (χ2n) is 30.7. The lowest BCUT2D eigenvalue weighted by atomic mass is 9.33. The molecule has 534 valence electrons. The molecule has 30 heteroatoms. The van der Waals surface area contributed by atoms with Crippen molar-refractivity contribution in [3.8, 4) is 0 Å². The van der Waals surface area contributed by atoms with Crippen LogP contribution in [0.2, 0.25) is 0 Å². The van der Waals surface area contributed by atoms with Gasteiger partial charge in [-0.05, 0) is 110 Å². The minimum atomic E-state index is -1.97. The molecule has 0 radical (unpaired) electrons. The van der Waals surface area contributed by atoms with Crippen molar-refractivity contribution in [2.75, 3.05) is 33.0 Å². The van der Waals surface area contributed by atoms with Crippen molar-refractivity contribution in [3.05, 3.63) is 11.6 Å². The average molecular weight is 1340 g/mol. The van der Waals surface area contributed by atoms with Crippen LogP contribution in [0.3, 0.4) is 0 Å². The van der Waals surface area contributed by atoms with E-state index in [1.54, 1.807) is 0 Å². The number of ether oxygens (including phenoxy) is 12. The Morgan fingerprint density at radius 1 is 0.516 bits per heavy atom. The molecule has 10 fully saturated rings. The van der Waals surface area contributed by atoms with Gasteiger partial charge in [0.05, 0.1) is 51.3 Å². The van der Waals surface area contributed by atoms with Crippen molar-refractivity contribution in [3.63, 3.8) is 0 Å². The summed E-state index contributed by atoms with van der Waals surface area (Å²) in [5, 5.41) is 185. The van der Waals surface area contributed by atoms with Gasteiger partial charge >= 0.3 is 5.97 Å². The molecule has 5 aliphatic carbocycles. The van der Waals surface area contributed by atoms with E-state index < -0.39 is 245 Å². The van der Waals surface area contributed by atoms with Crippen LogP contribution in [0.25, 0.3) is 0 Å². The van der Waals surface area contributed by atoms with Crippen LogP contribution in [0.4, 0.5) is 0 Å². The van der Waals surface area contributed by atoms with E-state index >= 15 is 4.79 Å². The molecule has 30 nitrogen and oxygen atoms in total. The van der Waals surface area contributed by atoms with Gasteiger partial charge in [-0.25, -0.2) is 0 Å². The summed E-state index contributed by atoms with van der Waals surface area (Å²) < 4.78 is 70.7. The van der Waals surface area contributed by atoms with Gasteiger partial charge in [0.15, 0.2) is 37.6 Å². The van der Waals surface area contributed by atoms with Crippen molar-refractivity contribution >= 4 is 5.97 Å². The van der Waals surface area contributed by atoms with E-state index in [-0.39, 0.29) is 35.5 Å². The molecule has 6 aliphatic heterocycles. The maximum atomic E-state index is 15.5. The van der Waals surface area contributed by atoms with Gasteiger partial charge in [0.25, 0.3) is 0 Å². The molecule has 0 aromatic rings. The predicted molar refractivity (Wildman–Crippen MR) is 310 cm³/mol. The third-order valence-corrected chi connectivity index (χ3v) is 24.4. The summed E-state index contributed by atoms with van der Waals surface area (Å²) in [5.74, 6) is -1.23. The molecule has 93 heavy (non-hydrogen) atoms. The van der Waals surface area contributed by atoms with Gasteiger partial charge in [0.1, 0.15) is 121 Å². The van der Waals surface area contributed by atoms with E-state index in [0.717, 1.165) is 18.4 Å². The number of hydrogen-bond donors (Lipinski definition) is 17. The maximum absolute atomic E-state index is 15.5. The number of fused-ring (bicyclic) bond motifs is 7. The Morgan fingerprint density at radius 3 is 1.75 bits per heavy atom. The highest BCUT2D eigenvalue weighted by molar-refractivity contribution is 5.80. The Morgan fingerprint density at radius 2 is 1.08 bits per heavy atom. The van der Waals surface area contributed by atoms with Gasteiger partial charge in [0.2, 0.25) is 6.29 Å². The fourth-order valence-corrected chi connectivity index (χ4v) is 18.6. The number of carbonyl (C=O) groups excluding carboxylic acids is 1. The van der Waals surface area contributed by atoms with Gasteiger partial charge in [-0.2, -0.15) is 0 Å². The number of hydrogen-bond acceptors (Lipinski definition) is 30. The molecule has 0 bridgehead atoms. The normalized spacial score (nSPS) is 54.7. The molecule has 0 spiro atoms. The Labute approximate surface area is 539 Å². The second kappa shape index (κ2) is 26.9. The van der Waals surface area contributed by atoms with E-state index in [4.69, 9.17) is 56.8 Å². The number of carbonyl (C=O) groups is 1. The fraction of sp³-hybridized carbons (Fsp3) is 0.952. The van der Waals surface area contributed by atoms with Crippen molar-refractivity contribution in [2.45, 2.75) is 291 Å². The lowest BCUT2D eigenvalue weighted by Gasteiger charge is -2.71. The molecular formula is C63H102O30. The zero-order valence-electron chi connectivity index (χ0n) is 53.9. The Kier molecular flexibility index (Phi) is 20.9. The highest BCUT2D eigenvalue weighted by Gasteiger charge is 2.72. The van der Waals surface area contributed by atoms with Crippen LogP contribution in [0.5, 0.6) is 0 Å². The second-order valence-corrected chi connectivity index (χ2v) is 30.7. The highest BCUT2D eigenvalue weighted by Crippen LogP contribution is 2.76. The first kappa shape index (κ1) is 72.3. The number of aliphatic hydroxyl groups excluding tert-OH is 17. The van der Waals surface area contributed by atoms with Crippen LogP contribution in [-0.2, 0) is 61.6 Å². The smallest absolute Gasteiger partial charge is 0.317 e. The van der Waals surface area contributed by atoms with Gasteiger partial charge in [-0.1, -0.05) is 60.1 Å². The summed E-state index contributed by atoms with van der Waals surface area (Å²) in [6, 6.07) is 0. The van der Waals surface area contributed by atoms with E-state index in [0.29, 0.717) is 32.1 Å². The van der Waals surface area contributed by atoms with Crippen molar-refractivity contribution in [2.24, 2.45) is 50.2 Å². The third-order valence-electron chi connectivity index (χ3n) is 24.4. The monoisotopic (exact) mass is 1340 g/mol. The molecule has 11 rings (SSSR count). The lowest BCUT2D eigenvalue weighted by Crippen LogP contribution is -2.68. The highest BCUT2D eigenvalue weighted by atomic mass is 16.8. The zero-order chi connectivity index (χ0) is 67.7. The van der Waals surface area contributed by atoms with Crippen molar-refractivity contribution in [1.29, 1.82) is 0 Å². The minimum Gasteiger partial charge on any atom is -0.432 e. The molecule has 6 heterocycles. The molecule has 6 saturated heterocycles. The molecule has 11 aliphatic rings. The summed E-state index contributed by atoms with van der Waals surface area (Å²) in [5.41, 5.74) is -2.70. The fourth-order valence-electron chi connectivity index (χ4n) is 18.6. The number of allylic oxidation sites excluding steroid dienone is 2. The van der Waals surface area contributed by atoms with E-state index in [1.807, 2.05) is 0 Å².